The number of halogens is 1. The average Bonchev–Trinajstić information content (AvgIpc) is 3.34. The fourth-order valence-electron chi connectivity index (χ4n) is 4.13. The molecule has 0 radical (unpaired) electrons. The first kappa shape index (κ1) is 25.0. The molecule has 0 saturated carbocycles. The van der Waals surface area contributed by atoms with Gasteiger partial charge in [-0.05, 0) is 50.6 Å². The summed E-state index contributed by atoms with van der Waals surface area (Å²) in [7, 11) is 1.83. The number of aryl methyl sites for hydroxylation is 1. The van der Waals surface area contributed by atoms with E-state index >= 15 is 0 Å². The first-order valence-electron chi connectivity index (χ1n) is 11.5. The van der Waals surface area contributed by atoms with Gasteiger partial charge in [0.2, 0.25) is 0 Å². The smallest absolute Gasteiger partial charge is 0.251 e. The van der Waals surface area contributed by atoms with Gasteiger partial charge in [0.05, 0.1) is 11.8 Å². The van der Waals surface area contributed by atoms with Crippen LogP contribution in [-0.4, -0.2) is 36.3 Å². The predicted molar refractivity (Wildman–Crippen MR) is 140 cm³/mol. The highest BCUT2D eigenvalue weighted by atomic mass is 35.5. The van der Waals surface area contributed by atoms with Crippen LogP contribution in [0, 0.1) is 6.92 Å². The number of aromatic nitrogens is 4. The third kappa shape index (κ3) is 5.13. The SMILES string of the molecule is CCCn1c(C)c(C(=O)C(C)Sc2nnc(CNC(=O)c3ccc(Cl)cc3)n2C)c2ccccc21. The average molecular weight is 510 g/mol. The van der Waals surface area contributed by atoms with E-state index in [0.717, 1.165) is 35.1 Å². The number of Topliss-reactive ketones (excluding diaryl/α,β-unsaturated/α-hetero) is 1. The Morgan fingerprint density at radius 3 is 2.54 bits per heavy atom. The summed E-state index contributed by atoms with van der Waals surface area (Å²) in [6.07, 6.45) is 0.994. The number of nitrogens with one attached hydrogen (secondary N) is 1. The number of fused-ring (bicyclic) bond motifs is 1. The number of amides is 1. The van der Waals surface area contributed by atoms with Crippen molar-refractivity contribution < 1.29 is 9.59 Å². The van der Waals surface area contributed by atoms with Gasteiger partial charge in [-0.25, -0.2) is 0 Å². The quantitative estimate of drug-likeness (QED) is 0.240. The van der Waals surface area contributed by atoms with E-state index in [2.05, 4.69) is 33.1 Å². The Morgan fingerprint density at radius 1 is 1.11 bits per heavy atom. The first-order valence-corrected chi connectivity index (χ1v) is 12.8. The molecule has 0 aliphatic heterocycles. The first-order chi connectivity index (χ1) is 16.8. The van der Waals surface area contributed by atoms with Gasteiger partial charge in [-0.2, -0.15) is 0 Å². The lowest BCUT2D eigenvalue weighted by molar-refractivity contribution is 0.0948. The molecule has 4 rings (SSSR count). The zero-order valence-electron chi connectivity index (χ0n) is 20.2. The number of hydrogen-bond acceptors (Lipinski definition) is 5. The van der Waals surface area contributed by atoms with Crippen LogP contribution < -0.4 is 5.32 Å². The number of thioether (sulfide) groups is 1. The maximum absolute atomic E-state index is 13.6. The van der Waals surface area contributed by atoms with E-state index in [4.69, 9.17) is 11.6 Å². The highest BCUT2D eigenvalue weighted by Crippen LogP contribution is 2.31. The lowest BCUT2D eigenvalue weighted by Gasteiger charge is -2.11. The Balaban J connectivity index is 1.48. The number of ketones is 1. The van der Waals surface area contributed by atoms with Crippen molar-refractivity contribution >= 4 is 46.0 Å². The number of carbonyl (C=O) groups excluding carboxylic acids is 2. The highest BCUT2D eigenvalue weighted by molar-refractivity contribution is 8.00. The van der Waals surface area contributed by atoms with Crippen molar-refractivity contribution in [3.05, 3.63) is 76.2 Å². The van der Waals surface area contributed by atoms with Crippen LogP contribution in [0.15, 0.2) is 53.7 Å². The topological polar surface area (TPSA) is 81.8 Å². The summed E-state index contributed by atoms with van der Waals surface area (Å²) in [6, 6.07) is 14.8. The number of para-hydroxylation sites is 1. The maximum Gasteiger partial charge on any atom is 0.251 e. The summed E-state index contributed by atoms with van der Waals surface area (Å²) in [5.74, 6) is 0.450. The van der Waals surface area contributed by atoms with Crippen molar-refractivity contribution in [2.75, 3.05) is 0 Å². The summed E-state index contributed by atoms with van der Waals surface area (Å²) < 4.78 is 4.04. The number of carbonyl (C=O) groups is 2. The van der Waals surface area contributed by atoms with Gasteiger partial charge in [-0.3, -0.25) is 9.59 Å². The molecule has 2 heterocycles. The molecule has 182 valence electrons. The molecule has 1 atom stereocenters. The molecule has 0 fully saturated rings. The molecule has 0 spiro atoms. The van der Waals surface area contributed by atoms with E-state index in [1.165, 1.54) is 11.8 Å². The molecule has 1 unspecified atom stereocenters. The summed E-state index contributed by atoms with van der Waals surface area (Å²) in [5, 5.41) is 13.2. The monoisotopic (exact) mass is 509 g/mol. The van der Waals surface area contributed by atoms with Gasteiger partial charge in [-0.15, -0.1) is 10.2 Å². The van der Waals surface area contributed by atoms with Crippen LogP contribution in [0.5, 0.6) is 0 Å². The molecular weight excluding hydrogens is 482 g/mol. The molecule has 4 aromatic rings. The molecule has 9 heteroatoms. The molecule has 0 aliphatic rings. The molecular formula is C26H28ClN5O2S. The molecule has 2 aromatic heterocycles. The van der Waals surface area contributed by atoms with Gasteiger partial charge in [0.1, 0.15) is 0 Å². The van der Waals surface area contributed by atoms with E-state index in [0.29, 0.717) is 21.6 Å². The second kappa shape index (κ2) is 10.7. The van der Waals surface area contributed by atoms with Crippen LogP contribution in [0.1, 0.15) is 52.5 Å². The summed E-state index contributed by atoms with van der Waals surface area (Å²) in [4.78, 5) is 26.0. The highest BCUT2D eigenvalue weighted by Gasteiger charge is 2.26. The van der Waals surface area contributed by atoms with E-state index in [1.807, 2.05) is 43.7 Å². The van der Waals surface area contributed by atoms with Gasteiger partial charge in [0, 0.05) is 46.3 Å². The minimum atomic E-state index is -0.353. The molecule has 35 heavy (non-hydrogen) atoms. The summed E-state index contributed by atoms with van der Waals surface area (Å²) in [5.41, 5.74) is 3.37. The maximum atomic E-state index is 13.6. The standard InChI is InChI=1S/C26H28ClN5O2S/c1-5-14-32-16(2)23(20-8-6-7-9-21(20)32)24(33)17(3)35-26-30-29-22(31(26)4)15-28-25(34)18-10-12-19(27)13-11-18/h6-13,17H,5,14-15H2,1-4H3,(H,28,34). The number of benzene rings is 2. The predicted octanol–water partition coefficient (Wildman–Crippen LogP) is 5.44. The van der Waals surface area contributed by atoms with Crippen LogP contribution in [0.3, 0.4) is 0 Å². The van der Waals surface area contributed by atoms with Crippen molar-refractivity contribution in [3.8, 4) is 0 Å². The fourth-order valence-corrected chi connectivity index (χ4v) is 5.15. The lowest BCUT2D eigenvalue weighted by Crippen LogP contribution is -2.24. The van der Waals surface area contributed by atoms with Gasteiger partial charge in [0.25, 0.3) is 5.91 Å². The van der Waals surface area contributed by atoms with E-state index in [-0.39, 0.29) is 23.5 Å². The molecule has 0 aliphatic carbocycles. The van der Waals surface area contributed by atoms with Crippen molar-refractivity contribution in [1.82, 2.24) is 24.6 Å². The van der Waals surface area contributed by atoms with Crippen molar-refractivity contribution in [1.29, 1.82) is 0 Å². The summed E-state index contributed by atoms with van der Waals surface area (Å²) >= 11 is 7.26. The Hall–Kier alpha value is -3.10. The summed E-state index contributed by atoms with van der Waals surface area (Å²) in [6.45, 7) is 7.14. The fraction of sp³-hybridized carbons (Fsp3) is 0.308. The Morgan fingerprint density at radius 2 is 1.83 bits per heavy atom. The molecule has 2 aromatic carbocycles. The van der Waals surface area contributed by atoms with Crippen LogP contribution in [-0.2, 0) is 20.1 Å². The lowest BCUT2D eigenvalue weighted by atomic mass is 10.0. The third-order valence-electron chi connectivity index (χ3n) is 6.01. The molecule has 1 N–H and O–H groups in total. The minimum absolute atomic E-state index is 0.0687. The zero-order chi connectivity index (χ0) is 25.1. The second-order valence-electron chi connectivity index (χ2n) is 8.40. The van der Waals surface area contributed by atoms with E-state index < -0.39 is 0 Å². The van der Waals surface area contributed by atoms with Crippen molar-refractivity contribution in [2.24, 2.45) is 7.05 Å². The van der Waals surface area contributed by atoms with Gasteiger partial charge in [-0.1, -0.05) is 48.5 Å². The Bertz CT molecular complexity index is 1380. The number of rotatable bonds is 9. The van der Waals surface area contributed by atoms with Crippen LogP contribution >= 0.6 is 23.4 Å². The van der Waals surface area contributed by atoms with Gasteiger partial charge < -0.3 is 14.5 Å². The van der Waals surface area contributed by atoms with Crippen molar-refractivity contribution in [3.63, 3.8) is 0 Å². The van der Waals surface area contributed by atoms with E-state index in [1.54, 1.807) is 24.3 Å². The molecule has 0 bridgehead atoms. The second-order valence-corrected chi connectivity index (χ2v) is 10.1. The third-order valence-corrected chi connectivity index (χ3v) is 7.40. The minimum Gasteiger partial charge on any atom is -0.345 e. The van der Waals surface area contributed by atoms with Crippen LogP contribution in [0.4, 0.5) is 0 Å². The van der Waals surface area contributed by atoms with E-state index in [9.17, 15) is 9.59 Å². The normalized spacial score (nSPS) is 12.1. The molecule has 7 nitrogen and oxygen atoms in total. The van der Waals surface area contributed by atoms with Gasteiger partial charge >= 0.3 is 0 Å². The van der Waals surface area contributed by atoms with Crippen LogP contribution in [0.25, 0.3) is 10.9 Å². The van der Waals surface area contributed by atoms with Crippen molar-refractivity contribution in [2.45, 2.75) is 50.7 Å². The zero-order valence-corrected chi connectivity index (χ0v) is 21.8. The Labute approximate surface area is 213 Å². The van der Waals surface area contributed by atoms with Gasteiger partial charge in [0.15, 0.2) is 16.8 Å². The molecule has 0 saturated heterocycles. The number of nitrogens with zero attached hydrogens (tertiary/aromatic N) is 4. The Kier molecular flexibility index (Phi) is 7.62. The number of hydrogen-bond donors (Lipinski definition) is 1. The largest absolute Gasteiger partial charge is 0.345 e. The molecule has 1 amide bonds. The van der Waals surface area contributed by atoms with Crippen LogP contribution in [0.2, 0.25) is 5.02 Å².